The van der Waals surface area contributed by atoms with E-state index >= 15 is 0 Å². The van der Waals surface area contributed by atoms with Crippen molar-refractivity contribution in [2.75, 3.05) is 13.1 Å². The van der Waals surface area contributed by atoms with Crippen LogP contribution in [0.1, 0.15) is 21.5 Å². The fourth-order valence-corrected chi connectivity index (χ4v) is 1.62. The first kappa shape index (κ1) is 12.8. The molecule has 0 atom stereocenters. The Morgan fingerprint density at radius 3 is 2.65 bits per heavy atom. The average molecular weight is 226 g/mol. The fourth-order valence-electron chi connectivity index (χ4n) is 1.62. The van der Waals surface area contributed by atoms with Gasteiger partial charge in [0.15, 0.2) is 0 Å². The van der Waals surface area contributed by atoms with Crippen molar-refractivity contribution in [3.63, 3.8) is 0 Å². The lowest BCUT2D eigenvalue weighted by molar-refractivity contribution is 0.0794. The Kier molecular flexibility index (Phi) is 4.31. The van der Waals surface area contributed by atoms with E-state index in [1.807, 2.05) is 32.0 Å². The molecule has 0 fully saturated rings. The number of aryl methyl sites for hydroxylation is 2. The average Bonchev–Trinajstić information content (AvgIpc) is 2.28. The normalized spacial score (nSPS) is 9.18. The van der Waals surface area contributed by atoms with E-state index in [-0.39, 0.29) is 19.0 Å². The van der Waals surface area contributed by atoms with E-state index in [0.717, 1.165) is 11.1 Å². The lowest BCUT2D eigenvalue weighted by Gasteiger charge is -2.17. The third-order valence-electron chi connectivity index (χ3n) is 2.44. The molecular weight excluding hydrogens is 212 g/mol. The van der Waals surface area contributed by atoms with Gasteiger partial charge in [0.2, 0.25) is 0 Å². The van der Waals surface area contributed by atoms with Crippen molar-refractivity contribution < 1.29 is 4.79 Å². The van der Waals surface area contributed by atoms with E-state index in [1.165, 1.54) is 4.90 Å². The van der Waals surface area contributed by atoms with Gasteiger partial charge in [0.25, 0.3) is 5.91 Å². The van der Waals surface area contributed by atoms with E-state index in [4.69, 9.17) is 11.7 Å². The molecule has 0 radical (unpaired) electrons. The molecule has 17 heavy (non-hydrogen) atoms. The molecule has 0 aromatic heterocycles. The number of nitrogens with zero attached hydrogens (tertiary/aromatic N) is 2. The highest BCUT2D eigenvalue weighted by Crippen LogP contribution is 2.13. The Morgan fingerprint density at radius 1 is 1.41 bits per heavy atom. The third-order valence-corrected chi connectivity index (χ3v) is 2.44. The van der Waals surface area contributed by atoms with Crippen LogP contribution < -0.4 is 0 Å². The Labute approximate surface area is 102 Å². The summed E-state index contributed by atoms with van der Waals surface area (Å²) in [5, 5.41) is 8.66. The second-order valence-corrected chi connectivity index (χ2v) is 3.84. The fraction of sp³-hybridized carbons (Fsp3) is 0.286. The summed E-state index contributed by atoms with van der Waals surface area (Å²) >= 11 is 0. The first-order chi connectivity index (χ1) is 8.10. The summed E-state index contributed by atoms with van der Waals surface area (Å²) in [5.74, 6) is 2.20. The first-order valence-electron chi connectivity index (χ1n) is 5.27. The van der Waals surface area contributed by atoms with Crippen LogP contribution in [0.2, 0.25) is 0 Å². The predicted molar refractivity (Wildman–Crippen MR) is 66.3 cm³/mol. The number of carbonyl (C=O) groups is 1. The molecule has 0 saturated carbocycles. The lowest BCUT2D eigenvalue weighted by atomic mass is 10.0. The van der Waals surface area contributed by atoms with Gasteiger partial charge in [-0.05, 0) is 25.5 Å². The van der Waals surface area contributed by atoms with Gasteiger partial charge in [0.05, 0.1) is 12.6 Å². The second kappa shape index (κ2) is 5.72. The van der Waals surface area contributed by atoms with Crippen molar-refractivity contribution in [1.29, 1.82) is 5.26 Å². The summed E-state index contributed by atoms with van der Waals surface area (Å²) in [6.45, 7) is 4.01. The Balaban J connectivity index is 3.02. The molecule has 86 valence electrons. The van der Waals surface area contributed by atoms with Gasteiger partial charge in [-0.3, -0.25) is 4.79 Å². The largest absolute Gasteiger partial charge is 0.314 e. The molecule has 0 aliphatic rings. The molecule has 3 heteroatoms. The van der Waals surface area contributed by atoms with E-state index in [9.17, 15) is 4.79 Å². The van der Waals surface area contributed by atoms with Gasteiger partial charge in [-0.15, -0.1) is 6.42 Å². The van der Waals surface area contributed by atoms with Crippen molar-refractivity contribution in [1.82, 2.24) is 4.90 Å². The number of benzene rings is 1. The highest BCUT2D eigenvalue weighted by atomic mass is 16.2. The highest BCUT2D eigenvalue weighted by Gasteiger charge is 2.16. The molecule has 0 aliphatic heterocycles. The summed E-state index contributed by atoms with van der Waals surface area (Å²) in [4.78, 5) is 13.5. The third kappa shape index (κ3) is 3.09. The summed E-state index contributed by atoms with van der Waals surface area (Å²) in [5.41, 5.74) is 2.60. The molecule has 1 aromatic rings. The Bertz CT molecular complexity index is 490. The smallest absolute Gasteiger partial charge is 0.255 e. The maximum absolute atomic E-state index is 12.1. The van der Waals surface area contributed by atoms with Crippen LogP contribution in [-0.2, 0) is 0 Å². The van der Waals surface area contributed by atoms with Crippen LogP contribution in [-0.4, -0.2) is 23.9 Å². The molecular formula is C14H14N2O. The van der Waals surface area contributed by atoms with E-state index in [1.54, 1.807) is 6.07 Å². The SMILES string of the molecule is C#CCN(CC#N)C(=O)c1ccc(C)cc1C. The number of nitriles is 1. The topological polar surface area (TPSA) is 44.1 Å². The number of rotatable bonds is 3. The van der Waals surface area contributed by atoms with Crippen molar-refractivity contribution in [3.8, 4) is 18.4 Å². The van der Waals surface area contributed by atoms with Crippen molar-refractivity contribution in [3.05, 3.63) is 34.9 Å². The molecule has 1 amide bonds. The minimum absolute atomic E-state index is 0.0103. The zero-order valence-electron chi connectivity index (χ0n) is 10.0. The van der Waals surface area contributed by atoms with Crippen molar-refractivity contribution in [2.45, 2.75) is 13.8 Å². The van der Waals surface area contributed by atoms with Gasteiger partial charge in [0.1, 0.15) is 6.54 Å². The van der Waals surface area contributed by atoms with Crippen LogP contribution >= 0.6 is 0 Å². The van der Waals surface area contributed by atoms with Crippen LogP contribution in [0.15, 0.2) is 18.2 Å². The molecule has 0 unspecified atom stereocenters. The maximum atomic E-state index is 12.1. The van der Waals surface area contributed by atoms with E-state index < -0.39 is 0 Å². The Morgan fingerprint density at radius 2 is 2.12 bits per heavy atom. The number of hydrogen-bond acceptors (Lipinski definition) is 2. The molecule has 0 heterocycles. The van der Waals surface area contributed by atoms with Gasteiger partial charge < -0.3 is 4.90 Å². The number of hydrogen-bond donors (Lipinski definition) is 0. The maximum Gasteiger partial charge on any atom is 0.255 e. The summed E-state index contributed by atoms with van der Waals surface area (Å²) < 4.78 is 0. The Hall–Kier alpha value is -2.26. The lowest BCUT2D eigenvalue weighted by Crippen LogP contribution is -2.32. The zero-order valence-corrected chi connectivity index (χ0v) is 10.0. The van der Waals surface area contributed by atoms with Crippen LogP contribution in [0.3, 0.4) is 0 Å². The van der Waals surface area contributed by atoms with E-state index in [2.05, 4.69) is 5.92 Å². The van der Waals surface area contributed by atoms with Gasteiger partial charge >= 0.3 is 0 Å². The highest BCUT2D eigenvalue weighted by molar-refractivity contribution is 5.96. The molecule has 1 aromatic carbocycles. The van der Waals surface area contributed by atoms with Crippen molar-refractivity contribution >= 4 is 5.91 Å². The minimum atomic E-state index is -0.193. The summed E-state index contributed by atoms with van der Waals surface area (Å²) in [7, 11) is 0. The standard InChI is InChI=1S/C14H14N2O/c1-4-8-16(9-7-15)14(17)13-6-5-11(2)10-12(13)3/h1,5-6,10H,8-9H2,2-3H3. The molecule has 0 saturated heterocycles. The quantitative estimate of drug-likeness (QED) is 0.583. The first-order valence-corrected chi connectivity index (χ1v) is 5.27. The summed E-state index contributed by atoms with van der Waals surface area (Å²) in [6.07, 6.45) is 5.18. The van der Waals surface area contributed by atoms with Crippen LogP contribution in [0.4, 0.5) is 0 Å². The van der Waals surface area contributed by atoms with Crippen molar-refractivity contribution in [2.24, 2.45) is 0 Å². The van der Waals surface area contributed by atoms with Crippen LogP contribution in [0.5, 0.6) is 0 Å². The van der Waals surface area contributed by atoms with Gasteiger partial charge in [0, 0.05) is 5.56 Å². The molecule has 3 nitrogen and oxygen atoms in total. The van der Waals surface area contributed by atoms with Gasteiger partial charge in [-0.2, -0.15) is 5.26 Å². The number of amides is 1. The molecule has 0 N–H and O–H groups in total. The minimum Gasteiger partial charge on any atom is -0.314 e. The van der Waals surface area contributed by atoms with E-state index in [0.29, 0.717) is 5.56 Å². The van der Waals surface area contributed by atoms with Crippen LogP contribution in [0.25, 0.3) is 0 Å². The molecule has 1 rings (SSSR count). The monoisotopic (exact) mass is 226 g/mol. The number of carbonyl (C=O) groups excluding carboxylic acids is 1. The van der Waals surface area contributed by atoms with Gasteiger partial charge in [-0.1, -0.05) is 23.6 Å². The zero-order chi connectivity index (χ0) is 12.8. The predicted octanol–water partition coefficient (Wildman–Crippen LogP) is 1.90. The van der Waals surface area contributed by atoms with Gasteiger partial charge in [-0.25, -0.2) is 0 Å². The van der Waals surface area contributed by atoms with Crippen LogP contribution in [0, 0.1) is 37.5 Å². The summed E-state index contributed by atoms with van der Waals surface area (Å²) in [6, 6.07) is 7.53. The molecule has 0 aliphatic carbocycles. The second-order valence-electron chi connectivity index (χ2n) is 3.84. The molecule has 0 spiro atoms. The number of terminal acetylenes is 1. The molecule has 0 bridgehead atoms.